The Bertz CT molecular complexity index is 315. The Kier molecular flexibility index (Phi) is 2.28. The number of hydrogen-bond donors (Lipinski definition) is 1. The van der Waals surface area contributed by atoms with Crippen molar-refractivity contribution < 1.29 is 9.90 Å². The predicted octanol–water partition coefficient (Wildman–Crippen LogP) is 1.00. The molecule has 1 N–H and O–H groups in total. The summed E-state index contributed by atoms with van der Waals surface area (Å²) in [7, 11) is 0. The molecule has 0 radical (unpaired) electrons. The number of aromatic nitrogens is 2. The Balaban J connectivity index is 2.89. The van der Waals surface area contributed by atoms with Crippen LogP contribution in [-0.2, 0) is 11.3 Å². The minimum atomic E-state index is -1.03. The first-order valence-electron chi connectivity index (χ1n) is 3.59. The third-order valence-corrected chi connectivity index (χ3v) is 1.57. The van der Waals surface area contributed by atoms with Crippen molar-refractivity contribution in [3.63, 3.8) is 0 Å². The van der Waals surface area contributed by atoms with Crippen LogP contribution in [0.5, 0.6) is 0 Å². The van der Waals surface area contributed by atoms with Crippen LogP contribution in [0.1, 0.15) is 12.6 Å². The zero-order chi connectivity index (χ0) is 9.14. The number of carboxylic acid groups (broad SMARTS) is 1. The van der Waals surface area contributed by atoms with Crippen molar-refractivity contribution in [2.45, 2.75) is 13.5 Å². The summed E-state index contributed by atoms with van der Waals surface area (Å²) in [5.41, 5.74) is 0.451. The van der Waals surface area contributed by atoms with Gasteiger partial charge in [0.05, 0.1) is 17.6 Å². The molecule has 0 aliphatic heterocycles. The second-order valence-corrected chi connectivity index (χ2v) is 2.37. The number of rotatable bonds is 3. The molecule has 0 saturated heterocycles. The number of hydrogen-bond acceptors (Lipinski definition) is 2. The minimum Gasteiger partial charge on any atom is -0.478 e. The van der Waals surface area contributed by atoms with Crippen LogP contribution in [0, 0.1) is 0 Å². The molecule has 1 rings (SSSR count). The van der Waals surface area contributed by atoms with E-state index in [1.807, 2.05) is 6.92 Å². The number of carboxylic acids is 1. The van der Waals surface area contributed by atoms with E-state index >= 15 is 0 Å². The van der Waals surface area contributed by atoms with Crippen LogP contribution in [0.15, 0.2) is 19.1 Å². The molecule has 0 aliphatic carbocycles. The molecule has 64 valence electrons. The molecule has 1 aromatic heterocycles. The molecule has 0 spiro atoms. The summed E-state index contributed by atoms with van der Waals surface area (Å²) >= 11 is 0. The molecule has 0 atom stereocenters. The third-order valence-electron chi connectivity index (χ3n) is 1.57. The second-order valence-electron chi connectivity index (χ2n) is 2.37. The van der Waals surface area contributed by atoms with Crippen molar-refractivity contribution in [2.75, 3.05) is 0 Å². The topological polar surface area (TPSA) is 55.1 Å². The van der Waals surface area contributed by atoms with E-state index in [4.69, 9.17) is 5.11 Å². The molecule has 1 heterocycles. The van der Waals surface area contributed by atoms with Gasteiger partial charge in [0.25, 0.3) is 0 Å². The summed E-state index contributed by atoms with van der Waals surface area (Å²) in [6.07, 6.45) is 3.25. The summed E-state index contributed by atoms with van der Waals surface area (Å²) in [6.45, 7) is 6.13. The zero-order valence-electron chi connectivity index (χ0n) is 6.82. The van der Waals surface area contributed by atoms with Crippen molar-refractivity contribution in [3.05, 3.63) is 24.8 Å². The number of carbonyl (C=O) groups is 1. The Labute approximate surface area is 70.2 Å². The van der Waals surface area contributed by atoms with Gasteiger partial charge in [-0.05, 0) is 6.92 Å². The van der Waals surface area contributed by atoms with Crippen LogP contribution in [-0.4, -0.2) is 20.6 Å². The highest BCUT2D eigenvalue weighted by molar-refractivity contribution is 6.13. The Morgan fingerprint density at radius 3 is 2.92 bits per heavy atom. The highest BCUT2D eigenvalue weighted by atomic mass is 16.4. The molecule has 4 heteroatoms. The molecule has 12 heavy (non-hydrogen) atoms. The largest absolute Gasteiger partial charge is 0.478 e. The lowest BCUT2D eigenvalue weighted by molar-refractivity contribution is -0.130. The maximum Gasteiger partial charge on any atom is 0.337 e. The fourth-order valence-electron chi connectivity index (χ4n) is 0.798. The van der Waals surface area contributed by atoms with Gasteiger partial charge in [-0.15, -0.1) is 0 Å². The quantitative estimate of drug-likeness (QED) is 0.681. The van der Waals surface area contributed by atoms with Gasteiger partial charge in [0.2, 0.25) is 0 Å². The Morgan fingerprint density at radius 2 is 2.50 bits per heavy atom. The zero-order valence-corrected chi connectivity index (χ0v) is 6.82. The van der Waals surface area contributed by atoms with Gasteiger partial charge in [-0.3, -0.25) is 0 Å². The van der Waals surface area contributed by atoms with Crippen LogP contribution >= 0.6 is 0 Å². The predicted molar refractivity (Wildman–Crippen MR) is 44.6 cm³/mol. The molecule has 0 bridgehead atoms. The van der Waals surface area contributed by atoms with Gasteiger partial charge in [0, 0.05) is 12.7 Å². The molecule has 0 saturated carbocycles. The molecule has 4 nitrogen and oxygen atoms in total. The van der Waals surface area contributed by atoms with Gasteiger partial charge in [-0.25, -0.2) is 9.78 Å². The molecular weight excluding hydrogens is 156 g/mol. The monoisotopic (exact) mass is 166 g/mol. The van der Waals surface area contributed by atoms with Gasteiger partial charge in [0.1, 0.15) is 0 Å². The van der Waals surface area contributed by atoms with Crippen LogP contribution < -0.4 is 0 Å². The number of aryl methyl sites for hydroxylation is 1. The summed E-state index contributed by atoms with van der Waals surface area (Å²) in [5, 5.41) is 8.57. The fraction of sp³-hybridized carbons (Fsp3) is 0.250. The lowest BCUT2D eigenvalue weighted by atomic mass is 10.2. The van der Waals surface area contributed by atoms with E-state index in [-0.39, 0.29) is 5.57 Å². The maximum absolute atomic E-state index is 10.4. The van der Waals surface area contributed by atoms with Crippen molar-refractivity contribution in [2.24, 2.45) is 0 Å². The van der Waals surface area contributed by atoms with Gasteiger partial charge in [0.15, 0.2) is 0 Å². The average Bonchev–Trinajstić information content (AvgIpc) is 2.50. The van der Waals surface area contributed by atoms with Crippen LogP contribution in [0.4, 0.5) is 0 Å². The van der Waals surface area contributed by atoms with E-state index in [0.29, 0.717) is 5.69 Å². The fourth-order valence-corrected chi connectivity index (χ4v) is 0.798. The Hall–Kier alpha value is -1.58. The number of nitrogens with zero attached hydrogens (tertiary/aromatic N) is 2. The van der Waals surface area contributed by atoms with Gasteiger partial charge >= 0.3 is 5.97 Å². The van der Waals surface area contributed by atoms with Crippen molar-refractivity contribution in [1.29, 1.82) is 0 Å². The van der Waals surface area contributed by atoms with Crippen molar-refractivity contribution in [1.82, 2.24) is 9.55 Å². The minimum absolute atomic E-state index is 0.0298. The van der Waals surface area contributed by atoms with E-state index < -0.39 is 5.97 Å². The molecule has 0 fully saturated rings. The lowest BCUT2D eigenvalue weighted by Crippen LogP contribution is -1.98. The molecule has 0 amide bonds. The first-order valence-corrected chi connectivity index (χ1v) is 3.59. The summed E-state index contributed by atoms with van der Waals surface area (Å²) in [5.74, 6) is -1.03. The maximum atomic E-state index is 10.4. The first kappa shape index (κ1) is 8.52. The highest BCUT2D eigenvalue weighted by Crippen LogP contribution is 2.08. The number of imidazole rings is 1. The van der Waals surface area contributed by atoms with Crippen LogP contribution in [0.2, 0.25) is 0 Å². The molecule has 0 aromatic carbocycles. The lowest BCUT2D eigenvalue weighted by Gasteiger charge is -1.93. The molecule has 1 aromatic rings. The van der Waals surface area contributed by atoms with E-state index in [1.165, 1.54) is 0 Å². The molecular formula is C8H10N2O2. The smallest absolute Gasteiger partial charge is 0.337 e. The summed E-state index contributed by atoms with van der Waals surface area (Å²) < 4.78 is 1.80. The first-order chi connectivity index (χ1) is 5.65. The summed E-state index contributed by atoms with van der Waals surface area (Å²) in [4.78, 5) is 14.3. The van der Waals surface area contributed by atoms with Gasteiger partial charge in [-0.2, -0.15) is 0 Å². The van der Waals surface area contributed by atoms with Gasteiger partial charge < -0.3 is 9.67 Å². The standard InChI is InChI=1S/C8H10N2O2/c1-3-10-4-7(9-5-10)6(2)8(11)12/h4-5H,2-3H2,1H3,(H,11,12). The molecule has 0 aliphatic rings. The third kappa shape index (κ3) is 1.53. The van der Waals surface area contributed by atoms with Crippen LogP contribution in [0.3, 0.4) is 0 Å². The average molecular weight is 166 g/mol. The summed E-state index contributed by atoms with van der Waals surface area (Å²) in [6, 6.07) is 0. The highest BCUT2D eigenvalue weighted by Gasteiger charge is 2.09. The SMILES string of the molecule is C=C(C(=O)O)c1cn(CC)cn1. The van der Waals surface area contributed by atoms with E-state index in [0.717, 1.165) is 6.54 Å². The number of aliphatic carboxylic acids is 1. The van der Waals surface area contributed by atoms with Crippen molar-refractivity contribution >= 4 is 11.5 Å². The van der Waals surface area contributed by atoms with Gasteiger partial charge in [-0.1, -0.05) is 6.58 Å². The molecule has 0 unspecified atom stereocenters. The van der Waals surface area contributed by atoms with Crippen LogP contribution in [0.25, 0.3) is 5.57 Å². The van der Waals surface area contributed by atoms with Crippen molar-refractivity contribution in [3.8, 4) is 0 Å². The van der Waals surface area contributed by atoms with E-state index in [9.17, 15) is 4.79 Å². The normalized spacial score (nSPS) is 9.75. The van der Waals surface area contributed by atoms with E-state index in [1.54, 1.807) is 17.1 Å². The second kappa shape index (κ2) is 3.21. The Morgan fingerprint density at radius 1 is 1.83 bits per heavy atom. The van der Waals surface area contributed by atoms with E-state index in [2.05, 4.69) is 11.6 Å².